The summed E-state index contributed by atoms with van der Waals surface area (Å²) in [5.74, 6) is 0.626. The van der Waals surface area contributed by atoms with E-state index in [-0.39, 0.29) is 12.1 Å². The van der Waals surface area contributed by atoms with E-state index in [9.17, 15) is 5.11 Å². The molecule has 0 spiro atoms. The first-order chi connectivity index (χ1) is 9.24. The van der Waals surface area contributed by atoms with Crippen LogP contribution in [0.4, 0.5) is 5.95 Å². The first-order valence-corrected chi connectivity index (χ1v) is 6.73. The molecule has 1 aliphatic heterocycles. The first-order valence-electron chi connectivity index (χ1n) is 6.73. The standard InChI is InChI=1S/C13H19N5O/c14-13-16-12-3-1-2-10(18(12)17-13)8-11(19)9-4-6-15-7-5-9/h1-3,9,11,15,19H,4-8H2,(H2,14,17). The Kier molecular flexibility index (Phi) is 3.35. The van der Waals surface area contributed by atoms with Crippen LogP contribution in [0.2, 0.25) is 0 Å². The topological polar surface area (TPSA) is 88.5 Å². The molecular formula is C13H19N5O. The molecule has 0 bridgehead atoms. The Morgan fingerprint density at radius 2 is 2.21 bits per heavy atom. The van der Waals surface area contributed by atoms with Gasteiger partial charge in [-0.2, -0.15) is 4.98 Å². The van der Waals surface area contributed by atoms with Crippen LogP contribution in [0.5, 0.6) is 0 Å². The van der Waals surface area contributed by atoms with Gasteiger partial charge in [-0.05, 0) is 44.0 Å². The number of anilines is 1. The fourth-order valence-corrected chi connectivity index (χ4v) is 2.74. The Bertz CT molecular complexity index is 561. The first kappa shape index (κ1) is 12.4. The molecule has 2 aromatic rings. The maximum absolute atomic E-state index is 10.4. The molecule has 4 N–H and O–H groups in total. The van der Waals surface area contributed by atoms with Gasteiger partial charge in [0.15, 0.2) is 5.65 Å². The Hall–Kier alpha value is -1.66. The summed E-state index contributed by atoms with van der Waals surface area (Å²) in [6, 6.07) is 5.75. The van der Waals surface area contributed by atoms with Gasteiger partial charge in [0, 0.05) is 12.1 Å². The van der Waals surface area contributed by atoms with Crippen molar-refractivity contribution < 1.29 is 5.11 Å². The summed E-state index contributed by atoms with van der Waals surface area (Å²) >= 11 is 0. The van der Waals surface area contributed by atoms with Crippen LogP contribution >= 0.6 is 0 Å². The van der Waals surface area contributed by atoms with Crippen LogP contribution in [0.15, 0.2) is 18.2 Å². The van der Waals surface area contributed by atoms with Crippen molar-refractivity contribution in [2.75, 3.05) is 18.8 Å². The van der Waals surface area contributed by atoms with E-state index in [1.165, 1.54) is 0 Å². The second-order valence-electron chi connectivity index (χ2n) is 5.12. The van der Waals surface area contributed by atoms with E-state index in [0.717, 1.165) is 37.3 Å². The third-order valence-electron chi connectivity index (χ3n) is 3.80. The van der Waals surface area contributed by atoms with Gasteiger partial charge in [0.25, 0.3) is 0 Å². The number of nitrogen functional groups attached to an aromatic ring is 1. The smallest absolute Gasteiger partial charge is 0.240 e. The summed E-state index contributed by atoms with van der Waals surface area (Å²) in [7, 11) is 0. The summed E-state index contributed by atoms with van der Waals surface area (Å²) in [6.07, 6.45) is 2.30. The lowest BCUT2D eigenvalue weighted by atomic mass is 9.89. The van der Waals surface area contributed by atoms with Crippen molar-refractivity contribution in [3.8, 4) is 0 Å². The molecule has 102 valence electrons. The van der Waals surface area contributed by atoms with Crippen molar-refractivity contribution in [2.45, 2.75) is 25.4 Å². The van der Waals surface area contributed by atoms with E-state index in [4.69, 9.17) is 5.73 Å². The van der Waals surface area contributed by atoms with Gasteiger partial charge >= 0.3 is 0 Å². The van der Waals surface area contributed by atoms with Crippen LogP contribution < -0.4 is 11.1 Å². The maximum atomic E-state index is 10.4. The number of aliphatic hydroxyl groups is 1. The van der Waals surface area contributed by atoms with Gasteiger partial charge in [-0.1, -0.05) is 6.07 Å². The fourth-order valence-electron chi connectivity index (χ4n) is 2.74. The zero-order valence-electron chi connectivity index (χ0n) is 10.8. The number of nitrogens with two attached hydrogens (primary N) is 1. The molecule has 1 saturated heterocycles. The highest BCUT2D eigenvalue weighted by atomic mass is 16.3. The molecule has 3 rings (SSSR count). The molecule has 1 fully saturated rings. The SMILES string of the molecule is Nc1nc2cccc(CC(O)C3CCNCC3)n2n1. The molecule has 3 heterocycles. The van der Waals surface area contributed by atoms with Crippen LogP contribution in [-0.4, -0.2) is 38.9 Å². The Morgan fingerprint density at radius 1 is 1.42 bits per heavy atom. The third-order valence-corrected chi connectivity index (χ3v) is 3.80. The fraction of sp³-hybridized carbons (Fsp3) is 0.538. The predicted molar refractivity (Wildman–Crippen MR) is 72.7 cm³/mol. The molecule has 19 heavy (non-hydrogen) atoms. The zero-order valence-corrected chi connectivity index (χ0v) is 10.8. The quantitative estimate of drug-likeness (QED) is 0.735. The minimum absolute atomic E-state index is 0.267. The summed E-state index contributed by atoms with van der Waals surface area (Å²) in [5, 5.41) is 17.9. The second-order valence-corrected chi connectivity index (χ2v) is 5.12. The average molecular weight is 261 g/mol. The number of rotatable bonds is 3. The minimum Gasteiger partial charge on any atom is -0.392 e. The lowest BCUT2D eigenvalue weighted by molar-refractivity contribution is 0.0877. The van der Waals surface area contributed by atoms with Gasteiger partial charge in [-0.15, -0.1) is 5.10 Å². The van der Waals surface area contributed by atoms with Crippen molar-refractivity contribution >= 4 is 11.6 Å². The van der Waals surface area contributed by atoms with E-state index in [0.29, 0.717) is 12.3 Å². The molecule has 1 atom stereocenters. The molecule has 2 aromatic heterocycles. The minimum atomic E-state index is -0.335. The highest BCUT2D eigenvalue weighted by molar-refractivity contribution is 5.42. The van der Waals surface area contributed by atoms with E-state index in [2.05, 4.69) is 15.4 Å². The highest BCUT2D eigenvalue weighted by Gasteiger charge is 2.22. The van der Waals surface area contributed by atoms with E-state index in [1.807, 2.05) is 18.2 Å². The van der Waals surface area contributed by atoms with E-state index < -0.39 is 0 Å². The van der Waals surface area contributed by atoms with Crippen molar-refractivity contribution in [1.29, 1.82) is 0 Å². The summed E-state index contributed by atoms with van der Waals surface area (Å²) < 4.78 is 1.72. The van der Waals surface area contributed by atoms with Gasteiger partial charge in [0.05, 0.1) is 6.10 Å². The largest absolute Gasteiger partial charge is 0.392 e. The Morgan fingerprint density at radius 3 is 3.00 bits per heavy atom. The highest BCUT2D eigenvalue weighted by Crippen LogP contribution is 2.20. The van der Waals surface area contributed by atoms with Gasteiger partial charge in [0.1, 0.15) is 0 Å². The number of aliphatic hydroxyl groups excluding tert-OH is 1. The van der Waals surface area contributed by atoms with Crippen molar-refractivity contribution in [3.05, 3.63) is 23.9 Å². The number of pyridine rings is 1. The molecule has 6 heteroatoms. The molecule has 1 unspecified atom stereocenters. The molecule has 6 nitrogen and oxygen atoms in total. The number of fused-ring (bicyclic) bond motifs is 1. The molecule has 1 aliphatic rings. The number of aromatic nitrogens is 3. The van der Waals surface area contributed by atoms with Gasteiger partial charge < -0.3 is 16.2 Å². The number of nitrogens with zero attached hydrogens (tertiary/aromatic N) is 3. The zero-order chi connectivity index (χ0) is 13.2. The molecule has 0 amide bonds. The van der Waals surface area contributed by atoms with Crippen LogP contribution in [0.25, 0.3) is 5.65 Å². The molecule has 0 aromatic carbocycles. The van der Waals surface area contributed by atoms with E-state index in [1.54, 1.807) is 4.52 Å². The predicted octanol–water partition coefficient (Wildman–Crippen LogP) is 0.214. The van der Waals surface area contributed by atoms with Crippen LogP contribution in [0, 0.1) is 5.92 Å². The Labute approximate surface area is 111 Å². The van der Waals surface area contributed by atoms with Gasteiger partial charge in [0.2, 0.25) is 5.95 Å². The van der Waals surface area contributed by atoms with Crippen LogP contribution in [-0.2, 0) is 6.42 Å². The normalized spacial score (nSPS) is 18.8. The Balaban J connectivity index is 1.80. The number of piperidine rings is 1. The van der Waals surface area contributed by atoms with Gasteiger partial charge in [-0.3, -0.25) is 0 Å². The van der Waals surface area contributed by atoms with Crippen molar-refractivity contribution in [3.63, 3.8) is 0 Å². The average Bonchev–Trinajstić information content (AvgIpc) is 2.81. The lowest BCUT2D eigenvalue weighted by Crippen LogP contribution is -2.35. The van der Waals surface area contributed by atoms with Crippen LogP contribution in [0.3, 0.4) is 0 Å². The lowest BCUT2D eigenvalue weighted by Gasteiger charge is -2.27. The third kappa shape index (κ3) is 2.54. The number of hydrogen-bond acceptors (Lipinski definition) is 5. The number of nitrogens with one attached hydrogen (secondary N) is 1. The monoisotopic (exact) mass is 261 g/mol. The summed E-state index contributed by atoms with van der Waals surface area (Å²) in [4.78, 5) is 4.13. The maximum Gasteiger partial charge on any atom is 0.240 e. The molecule has 0 radical (unpaired) electrons. The summed E-state index contributed by atoms with van der Waals surface area (Å²) in [6.45, 7) is 1.98. The molecular weight excluding hydrogens is 242 g/mol. The second kappa shape index (κ2) is 5.14. The van der Waals surface area contributed by atoms with Crippen LogP contribution in [0.1, 0.15) is 18.5 Å². The van der Waals surface area contributed by atoms with Gasteiger partial charge in [-0.25, -0.2) is 4.52 Å². The molecule has 0 saturated carbocycles. The van der Waals surface area contributed by atoms with Crippen molar-refractivity contribution in [2.24, 2.45) is 5.92 Å². The summed E-state index contributed by atoms with van der Waals surface area (Å²) in [5.41, 5.74) is 7.30. The molecule has 0 aliphatic carbocycles. The van der Waals surface area contributed by atoms with E-state index >= 15 is 0 Å². The van der Waals surface area contributed by atoms with Crippen molar-refractivity contribution in [1.82, 2.24) is 19.9 Å². The number of hydrogen-bond donors (Lipinski definition) is 3.